The Bertz CT molecular complexity index is 608. The van der Waals surface area contributed by atoms with E-state index in [-0.39, 0.29) is 5.75 Å². The van der Waals surface area contributed by atoms with Crippen LogP contribution in [0, 0.1) is 12.7 Å². The lowest BCUT2D eigenvalue weighted by atomic mass is 10.1. The van der Waals surface area contributed by atoms with Crippen LogP contribution in [0.4, 0.5) is 4.39 Å². The van der Waals surface area contributed by atoms with Gasteiger partial charge >= 0.3 is 5.69 Å². The van der Waals surface area contributed by atoms with Crippen molar-refractivity contribution in [3.8, 4) is 17.0 Å². The van der Waals surface area contributed by atoms with Crippen LogP contribution in [0.3, 0.4) is 0 Å². The molecule has 2 rings (SSSR count). The first-order chi connectivity index (χ1) is 8.13. The summed E-state index contributed by atoms with van der Waals surface area (Å²) in [4.78, 5) is 17.3. The Hall–Kier alpha value is -2.17. The standard InChI is InChI=1S/C12H11FN2O2/c1-7-6-14-12(16)15-11(7)8-4-3-5-9(17-2)10(8)13/h3-6H,1-2H3,(H,14,15,16). The van der Waals surface area contributed by atoms with E-state index in [1.165, 1.54) is 19.4 Å². The molecule has 0 aliphatic heterocycles. The molecule has 1 aromatic carbocycles. The van der Waals surface area contributed by atoms with Gasteiger partial charge in [0.05, 0.1) is 12.8 Å². The lowest BCUT2D eigenvalue weighted by Gasteiger charge is -2.08. The highest BCUT2D eigenvalue weighted by atomic mass is 19.1. The van der Waals surface area contributed by atoms with E-state index < -0.39 is 11.5 Å². The summed E-state index contributed by atoms with van der Waals surface area (Å²) < 4.78 is 18.9. The van der Waals surface area contributed by atoms with Crippen molar-refractivity contribution >= 4 is 0 Å². The minimum Gasteiger partial charge on any atom is -0.494 e. The van der Waals surface area contributed by atoms with Gasteiger partial charge in [0.25, 0.3) is 0 Å². The van der Waals surface area contributed by atoms with E-state index in [1.807, 2.05) is 0 Å². The van der Waals surface area contributed by atoms with Crippen LogP contribution in [-0.2, 0) is 0 Å². The molecular weight excluding hydrogens is 223 g/mol. The number of hydrogen-bond acceptors (Lipinski definition) is 3. The third kappa shape index (κ3) is 2.04. The number of aromatic amines is 1. The van der Waals surface area contributed by atoms with Crippen LogP contribution < -0.4 is 10.4 Å². The van der Waals surface area contributed by atoms with Gasteiger partial charge in [-0.2, -0.15) is 0 Å². The highest BCUT2D eigenvalue weighted by Gasteiger charge is 2.12. The van der Waals surface area contributed by atoms with Crippen molar-refractivity contribution in [3.05, 3.63) is 46.3 Å². The summed E-state index contributed by atoms with van der Waals surface area (Å²) in [6, 6.07) is 4.76. The maximum Gasteiger partial charge on any atom is 0.345 e. The predicted octanol–water partition coefficient (Wildman–Crippen LogP) is 1.89. The fourth-order valence-electron chi connectivity index (χ4n) is 1.60. The molecule has 88 valence electrons. The molecule has 4 nitrogen and oxygen atoms in total. The smallest absolute Gasteiger partial charge is 0.345 e. The van der Waals surface area contributed by atoms with E-state index in [1.54, 1.807) is 19.1 Å². The number of rotatable bonds is 2. The van der Waals surface area contributed by atoms with E-state index in [0.717, 1.165) is 0 Å². The molecule has 2 aromatic rings. The van der Waals surface area contributed by atoms with Crippen LogP contribution in [0.1, 0.15) is 5.56 Å². The average Bonchev–Trinajstić information content (AvgIpc) is 2.33. The molecule has 0 amide bonds. The summed E-state index contributed by atoms with van der Waals surface area (Å²) in [5.41, 5.74) is 0.896. The molecule has 0 saturated carbocycles. The zero-order chi connectivity index (χ0) is 12.4. The Morgan fingerprint density at radius 3 is 2.88 bits per heavy atom. The van der Waals surface area contributed by atoms with Gasteiger partial charge in [0.1, 0.15) is 0 Å². The second-order valence-corrected chi connectivity index (χ2v) is 3.57. The number of aromatic nitrogens is 2. The number of H-pyrrole nitrogens is 1. The van der Waals surface area contributed by atoms with Gasteiger partial charge in [0.2, 0.25) is 0 Å². The van der Waals surface area contributed by atoms with Crippen molar-refractivity contribution in [2.24, 2.45) is 0 Å². The zero-order valence-corrected chi connectivity index (χ0v) is 9.45. The molecule has 17 heavy (non-hydrogen) atoms. The van der Waals surface area contributed by atoms with Crippen molar-refractivity contribution in [3.63, 3.8) is 0 Å². The van der Waals surface area contributed by atoms with Gasteiger partial charge in [0.15, 0.2) is 11.6 Å². The molecule has 0 fully saturated rings. The van der Waals surface area contributed by atoms with Gasteiger partial charge in [-0.05, 0) is 24.6 Å². The molecule has 0 aliphatic carbocycles. The first-order valence-corrected chi connectivity index (χ1v) is 5.02. The van der Waals surface area contributed by atoms with Crippen LogP contribution in [-0.4, -0.2) is 17.1 Å². The third-order valence-electron chi connectivity index (χ3n) is 2.45. The molecule has 0 spiro atoms. The topological polar surface area (TPSA) is 55.0 Å². The Balaban J connectivity index is 2.68. The second kappa shape index (κ2) is 4.37. The van der Waals surface area contributed by atoms with Crippen molar-refractivity contribution in [2.45, 2.75) is 6.92 Å². The van der Waals surface area contributed by atoms with Crippen molar-refractivity contribution in [1.82, 2.24) is 9.97 Å². The Morgan fingerprint density at radius 2 is 2.18 bits per heavy atom. The highest BCUT2D eigenvalue weighted by Crippen LogP contribution is 2.28. The SMILES string of the molecule is COc1cccc(-c2[nH]c(=O)ncc2C)c1F. The Labute approximate surface area is 97.1 Å². The van der Waals surface area contributed by atoms with Crippen LogP contribution in [0.5, 0.6) is 5.75 Å². The molecule has 1 N–H and O–H groups in total. The summed E-state index contributed by atoms with van der Waals surface area (Å²) in [6.45, 7) is 1.75. The monoisotopic (exact) mass is 234 g/mol. The minimum absolute atomic E-state index is 0.138. The van der Waals surface area contributed by atoms with E-state index in [4.69, 9.17) is 4.74 Å². The second-order valence-electron chi connectivity index (χ2n) is 3.57. The van der Waals surface area contributed by atoms with Crippen LogP contribution in [0.15, 0.2) is 29.2 Å². The fourth-order valence-corrected chi connectivity index (χ4v) is 1.60. The molecule has 0 unspecified atom stereocenters. The summed E-state index contributed by atoms with van der Waals surface area (Å²) in [5.74, 6) is -0.362. The number of nitrogens with one attached hydrogen (secondary N) is 1. The highest BCUT2D eigenvalue weighted by molar-refractivity contribution is 5.64. The number of aryl methyl sites for hydroxylation is 1. The average molecular weight is 234 g/mol. The third-order valence-corrected chi connectivity index (χ3v) is 2.45. The number of hydrogen-bond donors (Lipinski definition) is 1. The first kappa shape index (κ1) is 11.3. The molecule has 0 radical (unpaired) electrons. The molecule has 5 heteroatoms. The fraction of sp³-hybridized carbons (Fsp3) is 0.167. The van der Waals surface area contributed by atoms with Gasteiger partial charge in [-0.15, -0.1) is 0 Å². The summed E-state index contributed by atoms with van der Waals surface area (Å²) in [7, 11) is 1.39. The van der Waals surface area contributed by atoms with Crippen molar-refractivity contribution in [1.29, 1.82) is 0 Å². The molecule has 0 saturated heterocycles. The lowest BCUT2D eigenvalue weighted by molar-refractivity contribution is 0.387. The van der Waals surface area contributed by atoms with Crippen LogP contribution in [0.25, 0.3) is 11.3 Å². The zero-order valence-electron chi connectivity index (χ0n) is 9.45. The van der Waals surface area contributed by atoms with Crippen LogP contribution in [0.2, 0.25) is 0 Å². The summed E-state index contributed by atoms with van der Waals surface area (Å²) in [6.07, 6.45) is 1.41. The molecule has 1 heterocycles. The number of benzene rings is 1. The maximum absolute atomic E-state index is 14.0. The largest absolute Gasteiger partial charge is 0.494 e. The van der Waals surface area contributed by atoms with E-state index in [2.05, 4.69) is 9.97 Å². The maximum atomic E-state index is 14.0. The van der Waals surface area contributed by atoms with E-state index in [9.17, 15) is 9.18 Å². The summed E-state index contributed by atoms with van der Waals surface area (Å²) in [5, 5.41) is 0. The van der Waals surface area contributed by atoms with Gasteiger partial charge in [-0.3, -0.25) is 0 Å². The number of methoxy groups -OCH3 is 1. The molecule has 1 aromatic heterocycles. The normalized spacial score (nSPS) is 10.3. The molecule has 0 bridgehead atoms. The Morgan fingerprint density at radius 1 is 1.41 bits per heavy atom. The first-order valence-electron chi connectivity index (χ1n) is 5.02. The van der Waals surface area contributed by atoms with Gasteiger partial charge in [-0.25, -0.2) is 14.2 Å². The van der Waals surface area contributed by atoms with Crippen molar-refractivity contribution < 1.29 is 9.13 Å². The quantitative estimate of drug-likeness (QED) is 0.863. The van der Waals surface area contributed by atoms with Gasteiger partial charge < -0.3 is 9.72 Å². The summed E-state index contributed by atoms with van der Waals surface area (Å²) >= 11 is 0. The Kier molecular flexibility index (Phi) is 2.91. The number of nitrogens with zero attached hydrogens (tertiary/aromatic N) is 1. The lowest BCUT2D eigenvalue weighted by Crippen LogP contribution is -2.11. The minimum atomic E-state index is -0.507. The van der Waals surface area contributed by atoms with Gasteiger partial charge in [-0.1, -0.05) is 6.07 Å². The molecule has 0 aliphatic rings. The van der Waals surface area contributed by atoms with Crippen molar-refractivity contribution in [2.75, 3.05) is 7.11 Å². The number of ether oxygens (including phenoxy) is 1. The van der Waals surface area contributed by atoms with E-state index in [0.29, 0.717) is 16.8 Å². The van der Waals surface area contributed by atoms with E-state index >= 15 is 0 Å². The molecule has 0 atom stereocenters. The predicted molar refractivity (Wildman–Crippen MR) is 61.5 cm³/mol. The molecular formula is C12H11FN2O2. The van der Waals surface area contributed by atoms with Crippen LogP contribution >= 0.6 is 0 Å². The number of halogens is 1. The van der Waals surface area contributed by atoms with Gasteiger partial charge in [0, 0.05) is 11.8 Å².